The smallest absolute Gasteiger partial charge is 0.340 e. The first kappa shape index (κ1) is 17.8. The topological polar surface area (TPSA) is 85.4 Å². The van der Waals surface area contributed by atoms with E-state index in [-0.39, 0.29) is 18.3 Å². The molecule has 0 saturated carbocycles. The fourth-order valence-electron chi connectivity index (χ4n) is 1.90. The van der Waals surface area contributed by atoms with Gasteiger partial charge in [0.05, 0.1) is 10.4 Å². The molecular weight excluding hydrogens is 328 g/mol. The van der Waals surface area contributed by atoms with Gasteiger partial charge in [-0.2, -0.15) is 0 Å². The molecule has 0 spiro atoms. The number of esters is 1. The Morgan fingerprint density at radius 3 is 2.67 bits per heavy atom. The van der Waals surface area contributed by atoms with Crippen molar-refractivity contribution in [3.05, 3.63) is 51.5 Å². The zero-order chi connectivity index (χ0) is 17.5. The molecule has 2 rings (SSSR count). The average Bonchev–Trinajstić information content (AvgIpc) is 3.01. The molecule has 6 nitrogen and oxygen atoms in total. The number of carbonyl (C=O) groups excluding carboxylic acids is 3. The quantitative estimate of drug-likeness (QED) is 0.613. The van der Waals surface area contributed by atoms with Crippen molar-refractivity contribution in [2.24, 2.45) is 0 Å². The van der Waals surface area contributed by atoms with Crippen LogP contribution in [-0.4, -0.2) is 35.8 Å². The van der Waals surface area contributed by atoms with Crippen molar-refractivity contribution in [3.63, 3.8) is 0 Å². The highest BCUT2D eigenvalue weighted by molar-refractivity contribution is 7.14. The van der Waals surface area contributed by atoms with E-state index in [1.165, 1.54) is 24.5 Å². The van der Waals surface area contributed by atoms with E-state index in [1.54, 1.807) is 18.2 Å². The van der Waals surface area contributed by atoms with Crippen LogP contribution in [-0.2, 0) is 16.0 Å². The Kier molecular flexibility index (Phi) is 6.20. The molecule has 2 heterocycles. The Morgan fingerprint density at radius 1 is 1.21 bits per heavy atom. The molecular formula is C17H18N2O4S. The average molecular weight is 346 g/mol. The fourth-order valence-corrected chi connectivity index (χ4v) is 2.83. The molecule has 0 aliphatic rings. The number of ether oxygens (including phenoxy) is 1. The molecule has 1 amide bonds. The number of nitrogens with one attached hydrogen (secondary N) is 1. The number of carbonyl (C=O) groups is 3. The summed E-state index contributed by atoms with van der Waals surface area (Å²) in [5, 5.41) is 2.70. The third-order valence-corrected chi connectivity index (χ3v) is 4.35. The van der Waals surface area contributed by atoms with Crippen molar-refractivity contribution in [3.8, 4) is 0 Å². The molecule has 0 radical (unpaired) electrons. The first-order valence-corrected chi connectivity index (χ1v) is 8.23. The van der Waals surface area contributed by atoms with Crippen LogP contribution in [0.5, 0.6) is 0 Å². The number of aromatic nitrogens is 1. The van der Waals surface area contributed by atoms with Gasteiger partial charge in [-0.05, 0) is 37.6 Å². The van der Waals surface area contributed by atoms with Gasteiger partial charge in [0.15, 0.2) is 6.61 Å². The number of hydrogen-bond acceptors (Lipinski definition) is 6. The zero-order valence-electron chi connectivity index (χ0n) is 13.5. The third kappa shape index (κ3) is 5.27. The van der Waals surface area contributed by atoms with E-state index in [2.05, 4.69) is 10.3 Å². The molecule has 0 bridgehead atoms. The van der Waals surface area contributed by atoms with Crippen LogP contribution < -0.4 is 5.32 Å². The molecule has 2 aromatic heterocycles. The Balaban J connectivity index is 1.84. The summed E-state index contributed by atoms with van der Waals surface area (Å²) in [5.74, 6) is -0.905. The highest BCUT2D eigenvalue weighted by Gasteiger charge is 2.14. The summed E-state index contributed by atoms with van der Waals surface area (Å²) in [6, 6.07) is 6.86. The van der Waals surface area contributed by atoms with E-state index in [0.717, 1.165) is 10.6 Å². The number of rotatable bonds is 7. The lowest BCUT2D eigenvalue weighted by atomic mass is 10.2. The van der Waals surface area contributed by atoms with E-state index < -0.39 is 5.97 Å². The maximum Gasteiger partial charge on any atom is 0.340 e. The van der Waals surface area contributed by atoms with Gasteiger partial charge in [0.2, 0.25) is 11.7 Å². The molecule has 0 aliphatic heterocycles. The first-order valence-electron chi connectivity index (χ1n) is 7.42. The molecule has 0 aliphatic carbocycles. The lowest BCUT2D eigenvalue weighted by Gasteiger charge is -2.03. The fraction of sp³-hybridized carbons (Fsp3) is 0.294. The number of pyridine rings is 1. The number of thiophene rings is 1. The highest BCUT2D eigenvalue weighted by atomic mass is 32.1. The number of nitrogens with zero attached hydrogens (tertiary/aromatic N) is 1. The van der Waals surface area contributed by atoms with Crippen LogP contribution in [0.2, 0.25) is 0 Å². The summed E-state index contributed by atoms with van der Waals surface area (Å²) in [6.07, 6.45) is 2.08. The van der Waals surface area contributed by atoms with Gasteiger partial charge < -0.3 is 10.1 Å². The maximum absolute atomic E-state index is 12.1. The molecule has 0 atom stereocenters. The number of hydrogen-bond donors (Lipinski definition) is 1. The standard InChI is InChI=1S/C17H18N2O4S/c1-11-3-4-13(9-19-11)17(22)23-10-15(21)16-6-5-14(24-16)7-8-18-12(2)20/h3-6,9H,7-8,10H2,1-2H3,(H,18,20). The Bertz CT molecular complexity index is 737. The van der Waals surface area contributed by atoms with Gasteiger partial charge in [0.1, 0.15) is 0 Å². The number of amides is 1. The number of aryl methyl sites for hydroxylation is 1. The molecule has 0 unspecified atom stereocenters. The summed E-state index contributed by atoms with van der Waals surface area (Å²) in [5.41, 5.74) is 1.11. The molecule has 1 N–H and O–H groups in total. The van der Waals surface area contributed by atoms with Crippen molar-refractivity contribution in [1.29, 1.82) is 0 Å². The van der Waals surface area contributed by atoms with Crippen molar-refractivity contribution < 1.29 is 19.1 Å². The van der Waals surface area contributed by atoms with E-state index in [9.17, 15) is 14.4 Å². The van der Waals surface area contributed by atoms with Gasteiger partial charge in [-0.15, -0.1) is 11.3 Å². The second kappa shape index (κ2) is 8.35. The van der Waals surface area contributed by atoms with Crippen LogP contribution >= 0.6 is 11.3 Å². The molecule has 24 heavy (non-hydrogen) atoms. The summed E-state index contributed by atoms with van der Waals surface area (Å²) < 4.78 is 5.03. The Morgan fingerprint density at radius 2 is 2.00 bits per heavy atom. The minimum atomic E-state index is -0.571. The number of ketones is 1. The van der Waals surface area contributed by atoms with Gasteiger partial charge in [-0.3, -0.25) is 14.6 Å². The molecule has 0 fully saturated rings. The summed E-state index contributed by atoms with van der Waals surface area (Å²) in [6.45, 7) is 3.50. The number of Topliss-reactive ketones (excluding diaryl/α,β-unsaturated/α-hetero) is 1. The van der Waals surface area contributed by atoms with Crippen molar-refractivity contribution >= 4 is 29.0 Å². The highest BCUT2D eigenvalue weighted by Crippen LogP contribution is 2.17. The second-order valence-corrected chi connectivity index (χ2v) is 6.35. The lowest BCUT2D eigenvalue weighted by molar-refractivity contribution is -0.118. The normalized spacial score (nSPS) is 10.2. The van der Waals surface area contributed by atoms with E-state index in [0.29, 0.717) is 23.4 Å². The Hall–Kier alpha value is -2.54. The van der Waals surface area contributed by atoms with Crippen LogP contribution in [0.1, 0.15) is 37.5 Å². The molecule has 0 aromatic carbocycles. The van der Waals surface area contributed by atoms with E-state index in [1.807, 2.05) is 13.0 Å². The van der Waals surface area contributed by atoms with E-state index >= 15 is 0 Å². The zero-order valence-corrected chi connectivity index (χ0v) is 14.3. The van der Waals surface area contributed by atoms with Gasteiger partial charge in [-0.25, -0.2) is 4.79 Å². The minimum absolute atomic E-state index is 0.0830. The van der Waals surface area contributed by atoms with Crippen molar-refractivity contribution in [1.82, 2.24) is 10.3 Å². The second-order valence-electron chi connectivity index (χ2n) is 5.19. The molecule has 126 valence electrons. The first-order chi connectivity index (χ1) is 11.5. The van der Waals surface area contributed by atoms with Crippen LogP contribution in [0.15, 0.2) is 30.5 Å². The third-order valence-electron chi connectivity index (χ3n) is 3.16. The largest absolute Gasteiger partial charge is 0.454 e. The summed E-state index contributed by atoms with van der Waals surface area (Å²) in [4.78, 5) is 40.3. The maximum atomic E-state index is 12.1. The Labute approximate surface area is 143 Å². The molecule has 0 saturated heterocycles. The van der Waals surface area contributed by atoms with E-state index in [4.69, 9.17) is 4.74 Å². The van der Waals surface area contributed by atoms with Crippen LogP contribution in [0.3, 0.4) is 0 Å². The van der Waals surface area contributed by atoms with Crippen molar-refractivity contribution in [2.45, 2.75) is 20.3 Å². The van der Waals surface area contributed by atoms with Gasteiger partial charge in [0.25, 0.3) is 0 Å². The van der Waals surface area contributed by atoms with Gasteiger partial charge in [0, 0.05) is 30.2 Å². The molecule has 2 aromatic rings. The van der Waals surface area contributed by atoms with Gasteiger partial charge in [-0.1, -0.05) is 0 Å². The van der Waals surface area contributed by atoms with Gasteiger partial charge >= 0.3 is 5.97 Å². The predicted octanol–water partition coefficient (Wildman–Crippen LogP) is 2.17. The summed E-state index contributed by atoms with van der Waals surface area (Å²) in [7, 11) is 0. The van der Waals surface area contributed by atoms with Crippen LogP contribution in [0.4, 0.5) is 0 Å². The lowest BCUT2D eigenvalue weighted by Crippen LogP contribution is -2.22. The SMILES string of the molecule is CC(=O)NCCc1ccc(C(=O)COC(=O)c2ccc(C)nc2)s1. The minimum Gasteiger partial charge on any atom is -0.454 e. The predicted molar refractivity (Wildman–Crippen MR) is 90.3 cm³/mol. The molecule has 7 heteroatoms. The summed E-state index contributed by atoms with van der Waals surface area (Å²) >= 11 is 1.34. The van der Waals surface area contributed by atoms with Crippen LogP contribution in [0.25, 0.3) is 0 Å². The van der Waals surface area contributed by atoms with Crippen molar-refractivity contribution in [2.75, 3.05) is 13.2 Å². The monoisotopic (exact) mass is 346 g/mol. The van der Waals surface area contributed by atoms with Crippen LogP contribution in [0, 0.1) is 6.92 Å².